The number of carbonyl (C=O) groups is 1. The summed E-state index contributed by atoms with van der Waals surface area (Å²) in [4.78, 5) is 15.7. The van der Waals surface area contributed by atoms with Crippen molar-refractivity contribution in [2.75, 3.05) is 6.54 Å². The molecule has 1 aromatic heterocycles. The van der Waals surface area contributed by atoms with Crippen molar-refractivity contribution in [3.8, 4) is 0 Å². The molecule has 1 amide bonds. The van der Waals surface area contributed by atoms with Crippen LogP contribution in [-0.4, -0.2) is 28.2 Å². The van der Waals surface area contributed by atoms with Crippen LogP contribution >= 0.6 is 38.9 Å². The summed E-state index contributed by atoms with van der Waals surface area (Å²) >= 11 is 10.9. The maximum atomic E-state index is 12.5. The first kappa shape index (κ1) is 14.4. The zero-order valence-corrected chi connectivity index (χ0v) is 13.5. The molecule has 1 fully saturated rings. The lowest BCUT2D eigenvalue weighted by Crippen LogP contribution is -2.44. The molecule has 2 nitrogen and oxygen atoms in total. The fourth-order valence-corrected chi connectivity index (χ4v) is 3.89. The Balaban J connectivity index is 2.10. The number of carbonyl (C=O) groups excluding carboxylic acids is 1. The van der Waals surface area contributed by atoms with E-state index in [1.54, 1.807) is 6.07 Å². The summed E-state index contributed by atoms with van der Waals surface area (Å²) in [7, 11) is 0. The Bertz CT molecular complexity index is 421. The molecule has 0 N–H and O–H groups in total. The predicted molar refractivity (Wildman–Crippen MR) is 81.0 cm³/mol. The Hall–Kier alpha value is -0.0600. The molecule has 1 aromatic rings. The molecule has 5 heteroatoms. The van der Waals surface area contributed by atoms with Gasteiger partial charge in [0.1, 0.15) is 0 Å². The molecule has 0 aromatic carbocycles. The molecular weight excluding hydrogens is 334 g/mol. The topological polar surface area (TPSA) is 20.3 Å². The SMILES string of the molecule is CC(Br)CC1CCCCN1C(=O)c1ccc(Cl)s1. The van der Waals surface area contributed by atoms with Gasteiger partial charge in [-0.1, -0.05) is 34.5 Å². The second-order valence-corrected chi connectivity index (χ2v) is 8.05. The molecule has 100 valence electrons. The van der Waals surface area contributed by atoms with E-state index in [4.69, 9.17) is 11.6 Å². The lowest BCUT2D eigenvalue weighted by atomic mass is 9.98. The Kier molecular flexibility index (Phi) is 5.10. The van der Waals surface area contributed by atoms with Crippen LogP contribution in [-0.2, 0) is 0 Å². The molecule has 1 aliphatic heterocycles. The van der Waals surface area contributed by atoms with Crippen LogP contribution in [0.1, 0.15) is 42.3 Å². The monoisotopic (exact) mass is 349 g/mol. The van der Waals surface area contributed by atoms with Crippen molar-refractivity contribution < 1.29 is 4.79 Å². The number of likely N-dealkylation sites (tertiary alicyclic amines) is 1. The lowest BCUT2D eigenvalue weighted by Gasteiger charge is -2.36. The van der Waals surface area contributed by atoms with Crippen molar-refractivity contribution in [2.24, 2.45) is 0 Å². The minimum atomic E-state index is 0.143. The third-order valence-corrected chi connectivity index (χ3v) is 4.86. The number of rotatable bonds is 3. The van der Waals surface area contributed by atoms with Gasteiger partial charge in [-0.15, -0.1) is 11.3 Å². The van der Waals surface area contributed by atoms with Crippen molar-refractivity contribution in [3.05, 3.63) is 21.3 Å². The molecule has 1 saturated heterocycles. The molecule has 0 aliphatic carbocycles. The number of piperidine rings is 1. The van der Waals surface area contributed by atoms with Gasteiger partial charge < -0.3 is 4.90 Å². The number of nitrogens with zero attached hydrogens (tertiary/aromatic N) is 1. The van der Waals surface area contributed by atoms with E-state index in [0.717, 1.165) is 30.7 Å². The van der Waals surface area contributed by atoms with Gasteiger partial charge in [-0.05, 0) is 37.8 Å². The number of amides is 1. The Morgan fingerprint density at radius 2 is 2.39 bits per heavy atom. The summed E-state index contributed by atoms with van der Waals surface area (Å²) in [6.45, 7) is 3.01. The van der Waals surface area contributed by atoms with Crippen molar-refractivity contribution >= 4 is 44.8 Å². The highest BCUT2D eigenvalue weighted by Gasteiger charge is 2.28. The van der Waals surface area contributed by atoms with Gasteiger partial charge in [-0.3, -0.25) is 4.79 Å². The number of halogens is 2. The van der Waals surface area contributed by atoms with E-state index in [1.165, 1.54) is 17.8 Å². The van der Waals surface area contributed by atoms with Crippen molar-refractivity contribution in [2.45, 2.75) is 43.5 Å². The molecule has 2 atom stereocenters. The molecule has 0 saturated carbocycles. The molecule has 2 unspecified atom stereocenters. The molecule has 0 spiro atoms. The van der Waals surface area contributed by atoms with Gasteiger partial charge >= 0.3 is 0 Å². The van der Waals surface area contributed by atoms with Gasteiger partial charge in [0.15, 0.2) is 0 Å². The molecule has 1 aliphatic rings. The van der Waals surface area contributed by atoms with E-state index in [1.807, 2.05) is 11.0 Å². The van der Waals surface area contributed by atoms with E-state index in [-0.39, 0.29) is 5.91 Å². The van der Waals surface area contributed by atoms with Crippen LogP contribution < -0.4 is 0 Å². The first-order chi connectivity index (χ1) is 8.58. The lowest BCUT2D eigenvalue weighted by molar-refractivity contribution is 0.0608. The predicted octanol–water partition coefficient (Wildman–Crippen LogP) is 4.57. The number of hydrogen-bond donors (Lipinski definition) is 0. The summed E-state index contributed by atoms with van der Waals surface area (Å²) < 4.78 is 0.681. The summed E-state index contributed by atoms with van der Waals surface area (Å²) in [5, 5.41) is 0. The number of alkyl halides is 1. The second-order valence-electron chi connectivity index (χ2n) is 4.77. The average Bonchev–Trinajstić information content (AvgIpc) is 2.75. The highest BCUT2D eigenvalue weighted by Crippen LogP contribution is 2.28. The highest BCUT2D eigenvalue weighted by atomic mass is 79.9. The van der Waals surface area contributed by atoms with Gasteiger partial charge in [-0.25, -0.2) is 0 Å². The summed E-state index contributed by atoms with van der Waals surface area (Å²) in [5.74, 6) is 0.143. The fraction of sp³-hybridized carbons (Fsp3) is 0.615. The second kappa shape index (κ2) is 6.40. The smallest absolute Gasteiger partial charge is 0.264 e. The minimum absolute atomic E-state index is 0.143. The zero-order chi connectivity index (χ0) is 13.1. The van der Waals surface area contributed by atoms with Gasteiger partial charge in [0.2, 0.25) is 0 Å². The van der Waals surface area contributed by atoms with Gasteiger partial charge in [-0.2, -0.15) is 0 Å². The standard InChI is InChI=1S/C13H17BrClNOS/c1-9(14)8-10-4-2-3-7-16(10)13(17)11-5-6-12(15)18-11/h5-6,9-10H,2-4,7-8H2,1H3. The average molecular weight is 351 g/mol. The summed E-state index contributed by atoms with van der Waals surface area (Å²) in [6.07, 6.45) is 4.46. The third-order valence-electron chi connectivity index (χ3n) is 3.27. The summed E-state index contributed by atoms with van der Waals surface area (Å²) in [6, 6.07) is 3.99. The first-order valence-electron chi connectivity index (χ1n) is 6.28. The molecule has 18 heavy (non-hydrogen) atoms. The van der Waals surface area contributed by atoms with Crippen molar-refractivity contribution in [1.29, 1.82) is 0 Å². The fourth-order valence-electron chi connectivity index (χ4n) is 2.46. The summed E-state index contributed by atoms with van der Waals surface area (Å²) in [5.41, 5.74) is 0. The highest BCUT2D eigenvalue weighted by molar-refractivity contribution is 9.09. The van der Waals surface area contributed by atoms with Gasteiger partial charge in [0.05, 0.1) is 9.21 Å². The van der Waals surface area contributed by atoms with E-state index in [0.29, 0.717) is 15.2 Å². The Labute approximate surface area is 125 Å². The number of hydrogen-bond acceptors (Lipinski definition) is 2. The van der Waals surface area contributed by atoms with Gasteiger partial charge in [0.25, 0.3) is 5.91 Å². The molecule has 0 radical (unpaired) electrons. The largest absolute Gasteiger partial charge is 0.335 e. The quantitative estimate of drug-likeness (QED) is 0.731. The molecule has 0 bridgehead atoms. The van der Waals surface area contributed by atoms with E-state index < -0.39 is 0 Å². The molecular formula is C13H17BrClNOS. The van der Waals surface area contributed by atoms with Crippen molar-refractivity contribution in [1.82, 2.24) is 4.90 Å². The van der Waals surface area contributed by atoms with Crippen LogP contribution in [0.2, 0.25) is 4.34 Å². The minimum Gasteiger partial charge on any atom is -0.335 e. The zero-order valence-electron chi connectivity index (χ0n) is 10.4. The van der Waals surface area contributed by atoms with Crippen LogP contribution in [0, 0.1) is 0 Å². The van der Waals surface area contributed by atoms with Crippen LogP contribution in [0.5, 0.6) is 0 Å². The Morgan fingerprint density at radius 1 is 1.61 bits per heavy atom. The van der Waals surface area contributed by atoms with E-state index in [9.17, 15) is 4.79 Å². The van der Waals surface area contributed by atoms with Crippen LogP contribution in [0.25, 0.3) is 0 Å². The maximum absolute atomic E-state index is 12.5. The third kappa shape index (κ3) is 3.49. The van der Waals surface area contributed by atoms with E-state index in [2.05, 4.69) is 22.9 Å². The normalized spacial score (nSPS) is 21.9. The van der Waals surface area contributed by atoms with Crippen LogP contribution in [0.15, 0.2) is 12.1 Å². The molecule has 2 rings (SSSR count). The van der Waals surface area contributed by atoms with E-state index >= 15 is 0 Å². The Morgan fingerprint density at radius 3 is 3.00 bits per heavy atom. The van der Waals surface area contributed by atoms with Crippen LogP contribution in [0.3, 0.4) is 0 Å². The van der Waals surface area contributed by atoms with Crippen LogP contribution in [0.4, 0.5) is 0 Å². The molecule has 2 heterocycles. The maximum Gasteiger partial charge on any atom is 0.264 e. The van der Waals surface area contributed by atoms with Crippen molar-refractivity contribution in [3.63, 3.8) is 0 Å². The number of thiophene rings is 1. The van der Waals surface area contributed by atoms with Gasteiger partial charge in [0, 0.05) is 17.4 Å². The first-order valence-corrected chi connectivity index (χ1v) is 8.39.